The molecule has 0 amide bonds. The van der Waals surface area contributed by atoms with Crippen LogP contribution >= 0.6 is 0 Å². The first-order valence-electron chi connectivity index (χ1n) is 8.89. The van der Waals surface area contributed by atoms with Gasteiger partial charge in [-0.1, -0.05) is 0 Å². The highest BCUT2D eigenvalue weighted by Crippen LogP contribution is 2.36. The zero-order valence-corrected chi connectivity index (χ0v) is 13.7. The third-order valence-corrected chi connectivity index (χ3v) is 5.34. The lowest BCUT2D eigenvalue weighted by molar-refractivity contribution is -0.201. The molecule has 0 saturated carbocycles. The maximum absolute atomic E-state index is 6.22. The van der Waals surface area contributed by atoms with Gasteiger partial charge in [0.1, 0.15) is 5.76 Å². The summed E-state index contributed by atoms with van der Waals surface area (Å²) in [7, 11) is 0. The smallest absolute Gasteiger partial charge is 0.117 e. The Morgan fingerprint density at radius 2 is 2.04 bits per heavy atom. The third kappa shape index (κ3) is 3.79. The van der Waals surface area contributed by atoms with E-state index in [2.05, 4.69) is 4.90 Å². The fourth-order valence-electron chi connectivity index (χ4n) is 4.03. The van der Waals surface area contributed by atoms with Crippen LogP contribution in [0.25, 0.3) is 0 Å². The fourth-order valence-corrected chi connectivity index (χ4v) is 4.03. The minimum Gasteiger partial charge on any atom is -0.468 e. The van der Waals surface area contributed by atoms with Gasteiger partial charge in [0.2, 0.25) is 0 Å². The fraction of sp³-hybridized carbons (Fsp3) is 0.778. The van der Waals surface area contributed by atoms with Crippen LogP contribution in [0.3, 0.4) is 0 Å². The molecule has 1 aromatic rings. The zero-order valence-electron chi connectivity index (χ0n) is 13.7. The molecule has 1 aromatic heterocycles. The predicted octanol–water partition coefficient (Wildman–Crippen LogP) is 2.46. The van der Waals surface area contributed by atoms with Crippen molar-refractivity contribution < 1.29 is 18.6 Å². The Hall–Kier alpha value is -0.880. The molecule has 0 aromatic carbocycles. The van der Waals surface area contributed by atoms with E-state index < -0.39 is 0 Å². The van der Waals surface area contributed by atoms with E-state index in [9.17, 15) is 0 Å². The Labute approximate surface area is 137 Å². The highest BCUT2D eigenvalue weighted by Gasteiger charge is 2.47. The van der Waals surface area contributed by atoms with Gasteiger partial charge in [-0.25, -0.2) is 0 Å². The van der Waals surface area contributed by atoms with E-state index in [1.54, 1.807) is 6.26 Å². The maximum Gasteiger partial charge on any atom is 0.117 e. The molecule has 3 saturated heterocycles. The lowest BCUT2D eigenvalue weighted by atomic mass is 9.84. The summed E-state index contributed by atoms with van der Waals surface area (Å²) in [5, 5.41) is 0. The SMILES string of the molecule is c1coc(CN2CC3(C[C@H](OCC4CCOCC4)CCO3)C2)c1. The van der Waals surface area contributed by atoms with Crippen LogP contribution in [0.1, 0.15) is 31.4 Å². The summed E-state index contributed by atoms with van der Waals surface area (Å²) in [6.07, 6.45) is 6.45. The van der Waals surface area contributed by atoms with E-state index in [1.807, 2.05) is 12.1 Å². The molecule has 0 bridgehead atoms. The van der Waals surface area contributed by atoms with Crippen molar-refractivity contribution in [1.82, 2.24) is 4.90 Å². The first-order chi connectivity index (χ1) is 11.3. The van der Waals surface area contributed by atoms with Crippen molar-refractivity contribution in [2.45, 2.75) is 43.9 Å². The summed E-state index contributed by atoms with van der Waals surface area (Å²) in [6, 6.07) is 3.98. The second-order valence-electron chi connectivity index (χ2n) is 7.26. The van der Waals surface area contributed by atoms with Crippen LogP contribution in [0.2, 0.25) is 0 Å². The van der Waals surface area contributed by atoms with Crippen LogP contribution in [-0.2, 0) is 20.8 Å². The van der Waals surface area contributed by atoms with Gasteiger partial charge in [0.25, 0.3) is 0 Å². The monoisotopic (exact) mass is 321 g/mol. The number of likely N-dealkylation sites (tertiary alicyclic amines) is 1. The summed E-state index contributed by atoms with van der Waals surface area (Å²) in [4.78, 5) is 2.39. The van der Waals surface area contributed by atoms with Gasteiger partial charge < -0.3 is 18.6 Å². The number of nitrogens with zero attached hydrogens (tertiary/aromatic N) is 1. The molecule has 0 unspecified atom stereocenters. The largest absolute Gasteiger partial charge is 0.468 e. The van der Waals surface area contributed by atoms with Crippen molar-refractivity contribution in [1.29, 1.82) is 0 Å². The Bertz CT molecular complexity index is 477. The average molecular weight is 321 g/mol. The molecule has 5 nitrogen and oxygen atoms in total. The van der Waals surface area contributed by atoms with Gasteiger partial charge in [-0.2, -0.15) is 0 Å². The van der Waals surface area contributed by atoms with Crippen LogP contribution in [0.5, 0.6) is 0 Å². The molecule has 0 radical (unpaired) electrons. The van der Waals surface area contributed by atoms with Crippen molar-refractivity contribution >= 4 is 0 Å². The summed E-state index contributed by atoms with van der Waals surface area (Å²) >= 11 is 0. The van der Waals surface area contributed by atoms with Crippen LogP contribution in [0.15, 0.2) is 22.8 Å². The van der Waals surface area contributed by atoms with Crippen LogP contribution in [0, 0.1) is 5.92 Å². The van der Waals surface area contributed by atoms with Gasteiger partial charge in [0.15, 0.2) is 0 Å². The molecule has 4 heterocycles. The van der Waals surface area contributed by atoms with Crippen molar-refractivity contribution in [2.24, 2.45) is 5.92 Å². The van der Waals surface area contributed by atoms with E-state index >= 15 is 0 Å². The van der Waals surface area contributed by atoms with Crippen molar-refractivity contribution in [3.8, 4) is 0 Å². The van der Waals surface area contributed by atoms with Crippen molar-refractivity contribution in [3.63, 3.8) is 0 Å². The first-order valence-corrected chi connectivity index (χ1v) is 8.89. The molecule has 128 valence electrons. The maximum atomic E-state index is 6.22. The Morgan fingerprint density at radius 3 is 2.83 bits per heavy atom. The number of furan rings is 1. The zero-order chi connectivity index (χ0) is 15.5. The van der Waals surface area contributed by atoms with Crippen molar-refractivity contribution in [3.05, 3.63) is 24.2 Å². The van der Waals surface area contributed by atoms with Crippen LogP contribution < -0.4 is 0 Å². The molecule has 3 aliphatic rings. The lowest BCUT2D eigenvalue weighted by Crippen LogP contribution is -2.65. The predicted molar refractivity (Wildman–Crippen MR) is 85.2 cm³/mol. The number of hydrogen-bond donors (Lipinski definition) is 0. The van der Waals surface area contributed by atoms with Gasteiger partial charge in [0, 0.05) is 45.9 Å². The van der Waals surface area contributed by atoms with E-state index in [1.165, 1.54) is 0 Å². The summed E-state index contributed by atoms with van der Waals surface area (Å²) < 4.78 is 23.2. The molecule has 0 N–H and O–H groups in total. The lowest BCUT2D eigenvalue weighted by Gasteiger charge is -2.53. The van der Waals surface area contributed by atoms with E-state index in [4.69, 9.17) is 18.6 Å². The van der Waals surface area contributed by atoms with Crippen molar-refractivity contribution in [2.75, 3.05) is 39.5 Å². The second kappa shape index (κ2) is 6.93. The standard InChI is InChI=1S/C18H27NO4/c1-2-17(21-6-1)11-19-13-18(14-19)10-16(5-9-23-18)22-12-15-3-7-20-8-4-15/h1-2,6,15-16H,3-5,7-14H2/t16-/m1/s1. The molecule has 3 fully saturated rings. The molecule has 0 aliphatic carbocycles. The second-order valence-corrected chi connectivity index (χ2v) is 7.26. The van der Waals surface area contributed by atoms with Gasteiger partial charge in [-0.05, 0) is 37.3 Å². The highest BCUT2D eigenvalue weighted by atomic mass is 16.5. The molecule has 23 heavy (non-hydrogen) atoms. The normalized spacial score (nSPS) is 28.8. The quantitative estimate of drug-likeness (QED) is 0.833. The topological polar surface area (TPSA) is 44.1 Å². The van der Waals surface area contributed by atoms with E-state index in [-0.39, 0.29) is 5.60 Å². The molecule has 1 spiro atoms. The molecular weight excluding hydrogens is 294 g/mol. The molecule has 3 aliphatic heterocycles. The van der Waals surface area contributed by atoms with Gasteiger partial charge in [-0.3, -0.25) is 4.90 Å². The summed E-state index contributed by atoms with van der Waals surface area (Å²) in [5.41, 5.74) is 0.0190. The molecule has 5 heteroatoms. The minimum atomic E-state index is 0.0190. The third-order valence-electron chi connectivity index (χ3n) is 5.34. The highest BCUT2D eigenvalue weighted by molar-refractivity contribution is 5.05. The Morgan fingerprint density at radius 1 is 1.17 bits per heavy atom. The number of ether oxygens (including phenoxy) is 3. The molecular formula is C18H27NO4. The van der Waals surface area contributed by atoms with E-state index in [0.29, 0.717) is 12.0 Å². The average Bonchev–Trinajstić information content (AvgIpc) is 3.06. The number of rotatable bonds is 5. The molecule has 4 rings (SSSR count). The minimum absolute atomic E-state index is 0.0190. The van der Waals surface area contributed by atoms with E-state index in [0.717, 1.165) is 77.5 Å². The Balaban J connectivity index is 1.22. The summed E-state index contributed by atoms with van der Waals surface area (Å²) in [6.45, 7) is 6.37. The molecule has 1 atom stereocenters. The van der Waals surface area contributed by atoms with Gasteiger partial charge in [0.05, 0.1) is 24.5 Å². The van der Waals surface area contributed by atoms with Gasteiger partial charge in [-0.15, -0.1) is 0 Å². The van der Waals surface area contributed by atoms with Crippen LogP contribution in [0.4, 0.5) is 0 Å². The van der Waals surface area contributed by atoms with Gasteiger partial charge >= 0.3 is 0 Å². The summed E-state index contributed by atoms with van der Waals surface area (Å²) in [5.74, 6) is 1.71. The number of hydrogen-bond acceptors (Lipinski definition) is 5. The van der Waals surface area contributed by atoms with Crippen LogP contribution in [-0.4, -0.2) is 56.1 Å². The first kappa shape index (κ1) is 15.6. The Kier molecular flexibility index (Phi) is 4.71.